The molecule has 0 aliphatic carbocycles. The van der Waals surface area contributed by atoms with Gasteiger partial charge in [-0.1, -0.05) is 11.6 Å². The number of hydrogen-bond acceptors (Lipinski definition) is 6. The monoisotopic (exact) mass is 407 g/mol. The normalized spacial score (nSPS) is 13.6. The van der Waals surface area contributed by atoms with Gasteiger partial charge in [0.15, 0.2) is 17.6 Å². The van der Waals surface area contributed by atoms with Crippen LogP contribution in [-0.4, -0.2) is 37.4 Å². The van der Waals surface area contributed by atoms with Crippen LogP contribution in [0, 0.1) is 0 Å². The number of thioether (sulfide) groups is 1. The molecule has 1 N–H and O–H groups in total. The first-order chi connectivity index (χ1) is 13.0. The molecule has 0 aromatic heterocycles. The van der Waals surface area contributed by atoms with Crippen molar-refractivity contribution in [3.63, 3.8) is 0 Å². The van der Waals surface area contributed by atoms with E-state index in [0.717, 1.165) is 4.90 Å². The highest BCUT2D eigenvalue weighted by atomic mass is 35.5. The van der Waals surface area contributed by atoms with E-state index in [1.165, 1.54) is 18.7 Å². The van der Waals surface area contributed by atoms with E-state index in [9.17, 15) is 9.59 Å². The van der Waals surface area contributed by atoms with Crippen LogP contribution in [0.4, 0.5) is 5.69 Å². The van der Waals surface area contributed by atoms with Gasteiger partial charge in [0.05, 0.1) is 10.6 Å². The molecule has 0 unspecified atom stereocenters. The Kier molecular flexibility index (Phi) is 6.13. The summed E-state index contributed by atoms with van der Waals surface area (Å²) >= 11 is 7.55. The molecule has 27 heavy (non-hydrogen) atoms. The summed E-state index contributed by atoms with van der Waals surface area (Å²) in [5, 5.41) is 2.97. The maximum Gasteiger partial charge on any atom is 0.340 e. The number of ether oxygens (including phenoxy) is 3. The molecule has 1 aliphatic heterocycles. The Balaban J connectivity index is 1.64. The van der Waals surface area contributed by atoms with Crippen molar-refractivity contribution < 1.29 is 23.8 Å². The van der Waals surface area contributed by atoms with E-state index in [1.807, 2.05) is 12.3 Å². The van der Waals surface area contributed by atoms with E-state index in [2.05, 4.69) is 5.32 Å². The molecular formula is C19H18ClNO5S. The van der Waals surface area contributed by atoms with Crippen LogP contribution in [0.2, 0.25) is 5.02 Å². The summed E-state index contributed by atoms with van der Waals surface area (Å²) < 4.78 is 16.2. The molecule has 142 valence electrons. The highest BCUT2D eigenvalue weighted by Gasteiger charge is 2.22. The van der Waals surface area contributed by atoms with Crippen LogP contribution in [-0.2, 0) is 9.53 Å². The Morgan fingerprint density at radius 2 is 1.89 bits per heavy atom. The third kappa shape index (κ3) is 4.67. The molecule has 8 heteroatoms. The lowest BCUT2D eigenvalue weighted by Gasteiger charge is -2.19. The Bertz CT molecular complexity index is 873. The number of nitrogens with one attached hydrogen (secondary N) is 1. The summed E-state index contributed by atoms with van der Waals surface area (Å²) in [4.78, 5) is 25.6. The molecule has 6 nitrogen and oxygen atoms in total. The number of fused-ring (bicyclic) bond motifs is 1. The van der Waals surface area contributed by atoms with E-state index in [4.69, 9.17) is 25.8 Å². The number of amides is 1. The first-order valence-corrected chi connectivity index (χ1v) is 9.83. The van der Waals surface area contributed by atoms with Crippen molar-refractivity contribution in [3.05, 3.63) is 47.0 Å². The molecule has 0 fully saturated rings. The van der Waals surface area contributed by atoms with Gasteiger partial charge in [-0.05, 0) is 43.5 Å². The molecule has 3 rings (SSSR count). The van der Waals surface area contributed by atoms with Crippen molar-refractivity contribution in [2.24, 2.45) is 0 Å². The average Bonchev–Trinajstić information content (AvgIpc) is 2.68. The van der Waals surface area contributed by atoms with Crippen molar-refractivity contribution in [1.82, 2.24) is 0 Å². The topological polar surface area (TPSA) is 73.9 Å². The zero-order valence-electron chi connectivity index (χ0n) is 14.8. The van der Waals surface area contributed by atoms with E-state index < -0.39 is 18.0 Å². The fraction of sp³-hybridized carbons (Fsp3) is 0.263. The first kappa shape index (κ1) is 19.4. The van der Waals surface area contributed by atoms with Gasteiger partial charge in [-0.25, -0.2) is 4.79 Å². The van der Waals surface area contributed by atoms with Crippen LogP contribution in [0.5, 0.6) is 11.5 Å². The predicted molar refractivity (Wildman–Crippen MR) is 104 cm³/mol. The highest BCUT2D eigenvalue weighted by Crippen LogP contribution is 2.32. The standard InChI is InChI=1S/C19H18ClNO5S/c1-11(26-19(23)14-10-13(27-2)4-5-15(14)20)18(22)21-12-3-6-16-17(9-12)25-8-7-24-16/h3-6,9-11H,7-8H2,1-2H3,(H,21,22)/t11-/m0/s1. The van der Waals surface area contributed by atoms with Gasteiger partial charge in [-0.2, -0.15) is 0 Å². The summed E-state index contributed by atoms with van der Waals surface area (Å²) in [7, 11) is 0. The second-order valence-corrected chi connectivity index (χ2v) is 7.03. The van der Waals surface area contributed by atoms with Crippen LogP contribution >= 0.6 is 23.4 Å². The quantitative estimate of drug-likeness (QED) is 0.596. The number of hydrogen-bond donors (Lipinski definition) is 1. The van der Waals surface area contributed by atoms with Crippen LogP contribution in [0.3, 0.4) is 0 Å². The number of esters is 1. The van der Waals surface area contributed by atoms with Gasteiger partial charge in [0.25, 0.3) is 5.91 Å². The molecule has 1 amide bonds. The minimum absolute atomic E-state index is 0.225. The van der Waals surface area contributed by atoms with E-state index in [1.54, 1.807) is 30.3 Å². The number of anilines is 1. The van der Waals surface area contributed by atoms with Gasteiger partial charge >= 0.3 is 5.97 Å². The molecule has 1 aliphatic rings. The van der Waals surface area contributed by atoms with Crippen LogP contribution in [0.25, 0.3) is 0 Å². The van der Waals surface area contributed by atoms with Crippen molar-refractivity contribution in [3.8, 4) is 11.5 Å². The Labute approximate surface area is 166 Å². The minimum atomic E-state index is -1.00. The summed E-state index contributed by atoms with van der Waals surface area (Å²) in [6.07, 6.45) is 0.890. The second kappa shape index (κ2) is 8.54. The molecule has 2 aromatic carbocycles. The zero-order valence-corrected chi connectivity index (χ0v) is 16.4. The fourth-order valence-electron chi connectivity index (χ4n) is 2.43. The number of carbonyl (C=O) groups is 2. The average molecular weight is 408 g/mol. The van der Waals surface area contributed by atoms with Gasteiger partial charge in [0.2, 0.25) is 0 Å². The summed E-state index contributed by atoms with van der Waals surface area (Å²) in [5.74, 6) is 0.0734. The zero-order chi connectivity index (χ0) is 19.4. The fourth-order valence-corrected chi connectivity index (χ4v) is 3.06. The van der Waals surface area contributed by atoms with Gasteiger partial charge in [0.1, 0.15) is 13.2 Å². The van der Waals surface area contributed by atoms with Gasteiger partial charge in [-0.15, -0.1) is 11.8 Å². The Hall–Kier alpha value is -2.38. The molecule has 0 radical (unpaired) electrons. The number of benzene rings is 2. The lowest BCUT2D eigenvalue weighted by atomic mass is 10.2. The molecule has 0 spiro atoms. The number of halogens is 1. The van der Waals surface area contributed by atoms with Crippen molar-refractivity contribution in [2.45, 2.75) is 17.9 Å². The van der Waals surface area contributed by atoms with E-state index >= 15 is 0 Å². The molecule has 0 bridgehead atoms. The maximum atomic E-state index is 12.4. The minimum Gasteiger partial charge on any atom is -0.486 e. The molecule has 0 saturated heterocycles. The van der Waals surface area contributed by atoms with Crippen LogP contribution in [0.1, 0.15) is 17.3 Å². The molecule has 2 aromatic rings. The van der Waals surface area contributed by atoms with E-state index in [-0.39, 0.29) is 10.6 Å². The second-order valence-electron chi connectivity index (χ2n) is 5.74. The highest BCUT2D eigenvalue weighted by molar-refractivity contribution is 7.98. The van der Waals surface area contributed by atoms with Crippen molar-refractivity contribution in [2.75, 3.05) is 24.8 Å². The third-order valence-electron chi connectivity index (χ3n) is 3.86. The number of carbonyl (C=O) groups excluding carboxylic acids is 2. The summed E-state index contributed by atoms with van der Waals surface area (Å²) in [6, 6.07) is 10.2. The van der Waals surface area contributed by atoms with Crippen LogP contribution < -0.4 is 14.8 Å². The van der Waals surface area contributed by atoms with Crippen LogP contribution in [0.15, 0.2) is 41.3 Å². The molecular weight excluding hydrogens is 390 g/mol. The summed E-state index contributed by atoms with van der Waals surface area (Å²) in [6.45, 7) is 2.44. The smallest absolute Gasteiger partial charge is 0.340 e. The number of rotatable bonds is 5. The van der Waals surface area contributed by atoms with Gasteiger partial charge in [0, 0.05) is 16.6 Å². The largest absolute Gasteiger partial charge is 0.486 e. The molecule has 1 heterocycles. The lowest BCUT2D eigenvalue weighted by Crippen LogP contribution is -2.30. The van der Waals surface area contributed by atoms with Crippen molar-refractivity contribution in [1.29, 1.82) is 0 Å². The summed E-state index contributed by atoms with van der Waals surface area (Å²) in [5.41, 5.74) is 0.747. The molecule has 0 saturated carbocycles. The molecule has 1 atom stereocenters. The SMILES string of the molecule is CSc1ccc(Cl)c(C(=O)O[C@@H](C)C(=O)Nc2ccc3c(c2)OCCO3)c1. The first-order valence-electron chi connectivity index (χ1n) is 8.23. The van der Waals surface area contributed by atoms with Crippen molar-refractivity contribution >= 4 is 40.9 Å². The maximum absolute atomic E-state index is 12.4. The lowest BCUT2D eigenvalue weighted by molar-refractivity contribution is -0.123. The van der Waals surface area contributed by atoms with Gasteiger partial charge in [-0.3, -0.25) is 4.79 Å². The van der Waals surface area contributed by atoms with E-state index in [0.29, 0.717) is 30.4 Å². The Morgan fingerprint density at radius 1 is 1.15 bits per heavy atom. The third-order valence-corrected chi connectivity index (χ3v) is 4.91. The Morgan fingerprint density at radius 3 is 2.63 bits per heavy atom. The van der Waals surface area contributed by atoms with Gasteiger partial charge < -0.3 is 19.5 Å². The predicted octanol–water partition coefficient (Wildman–Crippen LogP) is 4.02.